The maximum Gasteiger partial charge on any atom is 0.193 e. The molecule has 0 aromatic heterocycles. The molecule has 158 valence electrons. The quantitative estimate of drug-likeness (QED) is 0.345. The highest BCUT2D eigenvalue weighted by molar-refractivity contribution is 5.80. The molecule has 0 aromatic carbocycles. The molecule has 2 aliphatic rings. The summed E-state index contributed by atoms with van der Waals surface area (Å²) in [6.07, 6.45) is 1.17. The van der Waals surface area contributed by atoms with Gasteiger partial charge in [0.2, 0.25) is 0 Å². The Labute approximate surface area is 166 Å². The number of nitrogens with one attached hydrogen (secondary N) is 1. The first-order chi connectivity index (χ1) is 13.2. The first-order valence-electron chi connectivity index (χ1n) is 10.7. The predicted octanol–water partition coefficient (Wildman–Crippen LogP) is 0.963. The van der Waals surface area contributed by atoms with Crippen molar-refractivity contribution < 1.29 is 9.47 Å². The van der Waals surface area contributed by atoms with Crippen molar-refractivity contribution in [3.63, 3.8) is 0 Å². The van der Waals surface area contributed by atoms with Crippen molar-refractivity contribution in [2.75, 3.05) is 85.8 Å². The fraction of sp³-hybridized carbons (Fsp3) is 0.950. The Balaban J connectivity index is 1.78. The van der Waals surface area contributed by atoms with Crippen LogP contribution in [0.2, 0.25) is 0 Å². The zero-order valence-corrected chi connectivity index (χ0v) is 18.0. The number of ether oxygens (including phenoxy) is 2. The van der Waals surface area contributed by atoms with Crippen molar-refractivity contribution in [1.29, 1.82) is 0 Å². The Morgan fingerprint density at radius 3 is 2.59 bits per heavy atom. The van der Waals surface area contributed by atoms with Gasteiger partial charge in [0.1, 0.15) is 0 Å². The number of aliphatic imine (C=N–C) groups is 1. The number of likely N-dealkylation sites (N-methyl/N-ethyl adjacent to an activating group) is 1. The lowest BCUT2D eigenvalue weighted by Gasteiger charge is -2.37. The summed E-state index contributed by atoms with van der Waals surface area (Å²) in [5.74, 6) is 1.65. The molecule has 0 aromatic rings. The van der Waals surface area contributed by atoms with E-state index in [1.807, 2.05) is 0 Å². The molecule has 0 amide bonds. The van der Waals surface area contributed by atoms with Crippen LogP contribution in [0.3, 0.4) is 0 Å². The lowest BCUT2D eigenvalue weighted by molar-refractivity contribution is 0.0536. The first-order valence-corrected chi connectivity index (χ1v) is 10.7. The minimum atomic E-state index is 0.494. The highest BCUT2D eigenvalue weighted by Crippen LogP contribution is 2.17. The first kappa shape index (κ1) is 22.4. The number of rotatable bonds is 10. The Bertz CT molecular complexity index is 427. The second-order valence-electron chi connectivity index (χ2n) is 7.68. The van der Waals surface area contributed by atoms with Crippen LogP contribution in [0.4, 0.5) is 0 Å². The summed E-state index contributed by atoms with van der Waals surface area (Å²) in [6.45, 7) is 18.6. The summed E-state index contributed by atoms with van der Waals surface area (Å²) < 4.78 is 10.8. The Kier molecular flexibility index (Phi) is 10.4. The summed E-state index contributed by atoms with van der Waals surface area (Å²) in [5, 5.41) is 3.48. The number of hydrogen-bond donors (Lipinski definition) is 1. The van der Waals surface area contributed by atoms with E-state index in [-0.39, 0.29) is 0 Å². The van der Waals surface area contributed by atoms with E-state index in [1.54, 1.807) is 7.11 Å². The van der Waals surface area contributed by atoms with Gasteiger partial charge in [0, 0.05) is 64.9 Å². The van der Waals surface area contributed by atoms with Crippen LogP contribution in [-0.4, -0.2) is 113 Å². The molecular weight excluding hydrogens is 342 g/mol. The molecule has 2 heterocycles. The molecule has 2 unspecified atom stereocenters. The summed E-state index contributed by atoms with van der Waals surface area (Å²) in [7, 11) is 1.71. The predicted molar refractivity (Wildman–Crippen MR) is 112 cm³/mol. The molecule has 0 radical (unpaired) electrons. The van der Waals surface area contributed by atoms with Crippen molar-refractivity contribution in [1.82, 2.24) is 20.0 Å². The van der Waals surface area contributed by atoms with Gasteiger partial charge in [-0.05, 0) is 26.8 Å². The number of nitrogens with zero attached hydrogens (tertiary/aromatic N) is 4. The number of piperazine rings is 1. The molecule has 2 rings (SSSR count). The fourth-order valence-electron chi connectivity index (χ4n) is 3.83. The molecule has 7 nitrogen and oxygen atoms in total. The van der Waals surface area contributed by atoms with E-state index in [1.165, 1.54) is 19.5 Å². The number of methoxy groups -OCH3 is 1. The largest absolute Gasteiger partial charge is 0.382 e. The highest BCUT2D eigenvalue weighted by Gasteiger charge is 2.25. The van der Waals surface area contributed by atoms with Crippen LogP contribution in [0, 0.1) is 5.92 Å². The summed E-state index contributed by atoms with van der Waals surface area (Å²) in [6, 6.07) is 0.494. The second kappa shape index (κ2) is 12.5. The van der Waals surface area contributed by atoms with Gasteiger partial charge >= 0.3 is 0 Å². The smallest absolute Gasteiger partial charge is 0.193 e. The van der Waals surface area contributed by atoms with E-state index in [9.17, 15) is 0 Å². The zero-order chi connectivity index (χ0) is 19.5. The molecule has 7 heteroatoms. The number of likely N-dealkylation sites (tertiary alicyclic amines) is 1. The summed E-state index contributed by atoms with van der Waals surface area (Å²) >= 11 is 0. The molecule has 2 saturated heterocycles. The van der Waals surface area contributed by atoms with E-state index in [4.69, 9.17) is 14.5 Å². The molecule has 2 atom stereocenters. The molecule has 0 spiro atoms. The SMILES string of the molecule is CCNC(=NCC(C)N1CCN(CC)CC1)N1CCC(COCCOC)C1. The molecule has 2 fully saturated rings. The molecule has 2 aliphatic heterocycles. The van der Waals surface area contributed by atoms with E-state index >= 15 is 0 Å². The molecule has 0 saturated carbocycles. The van der Waals surface area contributed by atoms with E-state index < -0.39 is 0 Å². The maximum absolute atomic E-state index is 5.72. The van der Waals surface area contributed by atoms with Gasteiger partial charge in [0.15, 0.2) is 5.96 Å². The monoisotopic (exact) mass is 383 g/mol. The average molecular weight is 384 g/mol. The third kappa shape index (κ3) is 7.56. The summed E-state index contributed by atoms with van der Waals surface area (Å²) in [5.41, 5.74) is 0. The maximum atomic E-state index is 5.72. The molecule has 27 heavy (non-hydrogen) atoms. The van der Waals surface area contributed by atoms with Crippen molar-refractivity contribution in [2.45, 2.75) is 33.2 Å². The van der Waals surface area contributed by atoms with E-state index in [0.29, 0.717) is 25.2 Å². The zero-order valence-electron chi connectivity index (χ0n) is 18.0. The van der Waals surface area contributed by atoms with E-state index in [0.717, 1.165) is 58.4 Å². The third-order valence-electron chi connectivity index (χ3n) is 5.69. The molecule has 0 bridgehead atoms. The van der Waals surface area contributed by atoms with Gasteiger partial charge in [-0.15, -0.1) is 0 Å². The van der Waals surface area contributed by atoms with Crippen LogP contribution >= 0.6 is 0 Å². The second-order valence-corrected chi connectivity index (χ2v) is 7.68. The van der Waals surface area contributed by atoms with Crippen LogP contribution < -0.4 is 5.32 Å². The van der Waals surface area contributed by atoms with Gasteiger partial charge in [-0.25, -0.2) is 0 Å². The molecule has 0 aliphatic carbocycles. The highest BCUT2D eigenvalue weighted by atomic mass is 16.5. The van der Waals surface area contributed by atoms with Crippen molar-refractivity contribution >= 4 is 5.96 Å². The number of guanidine groups is 1. The van der Waals surface area contributed by atoms with Crippen LogP contribution in [0.5, 0.6) is 0 Å². The minimum absolute atomic E-state index is 0.494. The molecular formula is C20H41N5O2. The van der Waals surface area contributed by atoms with Crippen LogP contribution in [0.15, 0.2) is 4.99 Å². The Morgan fingerprint density at radius 2 is 1.93 bits per heavy atom. The van der Waals surface area contributed by atoms with E-state index in [2.05, 4.69) is 40.8 Å². The Morgan fingerprint density at radius 1 is 1.15 bits per heavy atom. The Hall–Kier alpha value is -0.890. The van der Waals surface area contributed by atoms with Crippen molar-refractivity contribution in [2.24, 2.45) is 10.9 Å². The van der Waals surface area contributed by atoms with Crippen LogP contribution in [0.25, 0.3) is 0 Å². The summed E-state index contributed by atoms with van der Waals surface area (Å²) in [4.78, 5) is 12.5. The number of hydrogen-bond acceptors (Lipinski definition) is 5. The van der Waals surface area contributed by atoms with Crippen LogP contribution in [0.1, 0.15) is 27.2 Å². The van der Waals surface area contributed by atoms with Gasteiger partial charge in [0.05, 0.1) is 26.4 Å². The average Bonchev–Trinajstić information content (AvgIpc) is 3.17. The molecule has 1 N–H and O–H groups in total. The van der Waals surface area contributed by atoms with Gasteiger partial charge in [-0.1, -0.05) is 6.92 Å². The lowest BCUT2D eigenvalue weighted by Crippen LogP contribution is -2.50. The standard InChI is InChI=1S/C20H41N5O2/c1-5-21-20(25-8-7-19(16-25)17-27-14-13-26-4)22-15-18(3)24-11-9-23(6-2)10-12-24/h18-19H,5-17H2,1-4H3,(H,21,22). The van der Waals surface area contributed by atoms with Gasteiger partial charge < -0.3 is 24.6 Å². The normalized spacial score (nSPS) is 23.8. The fourth-order valence-corrected chi connectivity index (χ4v) is 3.83. The van der Waals surface area contributed by atoms with Gasteiger partial charge in [0.25, 0.3) is 0 Å². The van der Waals surface area contributed by atoms with Crippen molar-refractivity contribution in [3.05, 3.63) is 0 Å². The minimum Gasteiger partial charge on any atom is -0.382 e. The lowest BCUT2D eigenvalue weighted by atomic mass is 10.1. The topological polar surface area (TPSA) is 52.6 Å². The van der Waals surface area contributed by atoms with Crippen LogP contribution in [-0.2, 0) is 9.47 Å². The van der Waals surface area contributed by atoms with Crippen molar-refractivity contribution in [3.8, 4) is 0 Å². The third-order valence-corrected chi connectivity index (χ3v) is 5.69. The van der Waals surface area contributed by atoms with Gasteiger partial charge in [-0.2, -0.15) is 0 Å². The van der Waals surface area contributed by atoms with Gasteiger partial charge in [-0.3, -0.25) is 9.89 Å².